The summed E-state index contributed by atoms with van der Waals surface area (Å²) in [5.74, 6) is 1.15. The van der Waals surface area contributed by atoms with Gasteiger partial charge in [-0.1, -0.05) is 67.1 Å². The molecule has 5 aliphatic rings. The third kappa shape index (κ3) is 6.38. The van der Waals surface area contributed by atoms with Gasteiger partial charge in [0.1, 0.15) is 41.7 Å². The van der Waals surface area contributed by atoms with E-state index >= 15 is 0 Å². The molecule has 1 saturated carbocycles. The second-order valence-electron chi connectivity index (χ2n) is 14.7. The Labute approximate surface area is 308 Å². The molecule has 52 heavy (non-hydrogen) atoms. The average molecular weight is 699 g/mol. The van der Waals surface area contributed by atoms with Crippen molar-refractivity contribution in [3.8, 4) is 11.5 Å². The number of benzene rings is 4. The van der Waals surface area contributed by atoms with E-state index in [4.69, 9.17) is 23.7 Å². The van der Waals surface area contributed by atoms with E-state index in [0.29, 0.717) is 0 Å². The van der Waals surface area contributed by atoms with Gasteiger partial charge in [-0.3, -0.25) is 0 Å². The van der Waals surface area contributed by atoms with E-state index in [0.717, 1.165) is 41.2 Å². The number of allylic oxidation sites excluding steroid dienone is 1. The number of para-hydroxylation sites is 4. The van der Waals surface area contributed by atoms with E-state index in [2.05, 4.69) is 100 Å². The summed E-state index contributed by atoms with van der Waals surface area (Å²) in [5, 5.41) is 0. The highest BCUT2D eigenvalue weighted by Crippen LogP contribution is 2.52. The molecule has 0 amide bonds. The first-order valence-electron chi connectivity index (χ1n) is 18.4. The van der Waals surface area contributed by atoms with Gasteiger partial charge in [-0.05, 0) is 108 Å². The van der Waals surface area contributed by atoms with Crippen molar-refractivity contribution >= 4 is 11.4 Å². The number of aryl methyl sites for hydroxylation is 4. The van der Waals surface area contributed by atoms with Crippen LogP contribution in [0.25, 0.3) is 0 Å². The molecule has 7 heteroatoms. The fourth-order valence-electron chi connectivity index (χ4n) is 7.94. The Kier molecular flexibility index (Phi) is 9.47. The van der Waals surface area contributed by atoms with E-state index in [-0.39, 0.29) is 11.4 Å². The predicted molar refractivity (Wildman–Crippen MR) is 207 cm³/mol. The maximum absolute atomic E-state index is 6.00. The highest BCUT2D eigenvalue weighted by Gasteiger charge is 2.49. The summed E-state index contributed by atoms with van der Waals surface area (Å²) in [6, 6.07) is 28.6. The molecule has 4 heterocycles. The lowest BCUT2D eigenvalue weighted by molar-refractivity contribution is -0.162. The molecule has 0 aromatic heterocycles. The fraction of sp³-hybridized carbons (Fsp3) is 0.333. The van der Waals surface area contributed by atoms with E-state index in [1.807, 2.05) is 55.5 Å². The van der Waals surface area contributed by atoms with Crippen molar-refractivity contribution in [3.05, 3.63) is 155 Å². The zero-order valence-corrected chi connectivity index (χ0v) is 31.4. The first-order chi connectivity index (χ1) is 25.0. The Balaban J connectivity index is 0.000000130. The van der Waals surface area contributed by atoms with Crippen LogP contribution in [0.2, 0.25) is 0 Å². The van der Waals surface area contributed by atoms with Gasteiger partial charge in [-0.2, -0.15) is 0 Å². The summed E-state index contributed by atoms with van der Waals surface area (Å²) in [4.78, 5) is 4.78. The summed E-state index contributed by atoms with van der Waals surface area (Å²) in [6.45, 7) is 15.2. The Morgan fingerprint density at radius 3 is 1.44 bits per heavy atom. The maximum Gasteiger partial charge on any atom is 0.311 e. The summed E-state index contributed by atoms with van der Waals surface area (Å²) >= 11 is 0. The molecular formula is C45H50N2O5. The molecule has 4 aliphatic heterocycles. The van der Waals surface area contributed by atoms with Crippen LogP contribution in [-0.4, -0.2) is 11.4 Å². The van der Waals surface area contributed by atoms with Gasteiger partial charge in [0, 0.05) is 36.6 Å². The molecular weight excluding hydrogens is 649 g/mol. The molecule has 270 valence electrons. The number of hydrogen-bond acceptors (Lipinski definition) is 7. The van der Waals surface area contributed by atoms with Crippen LogP contribution in [-0.2, 0) is 24.7 Å². The van der Waals surface area contributed by atoms with Crippen molar-refractivity contribution < 1.29 is 23.7 Å². The highest BCUT2D eigenvalue weighted by atomic mass is 16.7. The summed E-state index contributed by atoms with van der Waals surface area (Å²) in [7, 11) is 0. The summed E-state index contributed by atoms with van der Waals surface area (Å²) < 4.78 is 28.6. The average Bonchev–Trinajstić information content (AvgIpc) is 3.83. The largest absolute Gasteiger partial charge is 0.457 e. The van der Waals surface area contributed by atoms with Crippen LogP contribution in [0.1, 0.15) is 86.3 Å². The molecule has 1 fully saturated rings. The molecule has 4 aromatic rings. The summed E-state index contributed by atoms with van der Waals surface area (Å²) in [6.07, 6.45) is 15.3. The number of nitrogens with zero attached hydrogens (tertiary/aromatic N) is 2. The van der Waals surface area contributed by atoms with Crippen molar-refractivity contribution in [2.24, 2.45) is 0 Å². The van der Waals surface area contributed by atoms with Crippen molar-refractivity contribution in [1.82, 2.24) is 0 Å². The van der Waals surface area contributed by atoms with Gasteiger partial charge in [0.25, 0.3) is 0 Å². The fourth-order valence-corrected chi connectivity index (χ4v) is 7.94. The van der Waals surface area contributed by atoms with Crippen molar-refractivity contribution in [3.63, 3.8) is 0 Å². The summed E-state index contributed by atoms with van der Waals surface area (Å²) in [5.41, 5.74) is 9.50. The molecule has 0 N–H and O–H groups in total. The van der Waals surface area contributed by atoms with Gasteiger partial charge in [0.2, 0.25) is 5.79 Å². The first-order valence-corrected chi connectivity index (χ1v) is 18.4. The normalized spacial score (nSPS) is 19.0. The van der Waals surface area contributed by atoms with Crippen LogP contribution in [0.4, 0.5) is 11.4 Å². The Morgan fingerprint density at radius 1 is 0.538 bits per heavy atom. The van der Waals surface area contributed by atoms with Crippen LogP contribution in [0.5, 0.6) is 11.5 Å². The van der Waals surface area contributed by atoms with Crippen molar-refractivity contribution in [2.75, 3.05) is 9.80 Å². The Morgan fingerprint density at radius 2 is 1.00 bits per heavy atom. The molecule has 1 aliphatic carbocycles. The molecule has 4 aromatic carbocycles. The van der Waals surface area contributed by atoms with Crippen LogP contribution < -0.4 is 14.5 Å². The number of hydrogen-bond donors (Lipinski definition) is 0. The minimum atomic E-state index is -0.907. The smallest absolute Gasteiger partial charge is 0.311 e. The predicted octanol–water partition coefficient (Wildman–Crippen LogP) is 11.5. The zero-order chi connectivity index (χ0) is 36.5. The van der Waals surface area contributed by atoms with Gasteiger partial charge in [0.05, 0.1) is 11.1 Å². The molecule has 7 nitrogen and oxygen atoms in total. The first kappa shape index (κ1) is 35.1. The third-order valence-electron chi connectivity index (χ3n) is 10.5. The van der Waals surface area contributed by atoms with Gasteiger partial charge < -0.3 is 33.5 Å². The van der Waals surface area contributed by atoms with Gasteiger partial charge in [0.15, 0.2) is 0 Å². The van der Waals surface area contributed by atoms with Gasteiger partial charge in [-0.25, -0.2) is 0 Å². The monoisotopic (exact) mass is 698 g/mol. The SMILES string of the molecule is C1=COC2(CCCCC2)O1.CC1=COC2(O1)c1ccccc1Oc1ccccc12.Cc1cccc(C)c1N1C=CN(c2c(C)cccc2C)C1(C)C. The molecule has 0 radical (unpaired) electrons. The number of anilines is 2. The van der Waals surface area contributed by atoms with E-state index in [1.165, 1.54) is 52.9 Å². The molecule has 0 saturated heterocycles. The minimum absolute atomic E-state index is 0.145. The highest BCUT2D eigenvalue weighted by molar-refractivity contribution is 5.71. The van der Waals surface area contributed by atoms with E-state index < -0.39 is 5.79 Å². The Bertz CT molecular complexity index is 1860. The molecule has 0 bridgehead atoms. The quantitative estimate of drug-likeness (QED) is 0.206. The number of fused-ring (bicyclic) bond motifs is 4. The lowest BCUT2D eigenvalue weighted by Gasteiger charge is -2.42. The second kappa shape index (κ2) is 14.0. The van der Waals surface area contributed by atoms with Crippen molar-refractivity contribution in [2.45, 2.75) is 97.8 Å². The third-order valence-corrected chi connectivity index (χ3v) is 10.5. The van der Waals surface area contributed by atoms with Gasteiger partial charge >= 0.3 is 5.79 Å². The Hall–Kier alpha value is -5.30. The van der Waals surface area contributed by atoms with Crippen LogP contribution in [0, 0.1) is 27.7 Å². The van der Waals surface area contributed by atoms with E-state index in [1.54, 1.807) is 18.8 Å². The molecule has 0 atom stereocenters. The minimum Gasteiger partial charge on any atom is -0.457 e. The van der Waals surface area contributed by atoms with E-state index in [9.17, 15) is 0 Å². The topological polar surface area (TPSA) is 52.6 Å². The van der Waals surface area contributed by atoms with Crippen molar-refractivity contribution in [1.29, 1.82) is 0 Å². The lowest BCUT2D eigenvalue weighted by atomic mass is 9.93. The van der Waals surface area contributed by atoms with Crippen LogP contribution >= 0.6 is 0 Å². The van der Waals surface area contributed by atoms with Gasteiger partial charge in [-0.15, -0.1) is 0 Å². The standard InChI is InChI=1S/C21H26N2.C16H12O3.C8H12O2/c1-15-9-7-10-16(2)19(15)22-13-14-23(21(22,5)6)20-17(3)11-8-12-18(20)4;1-11-10-17-16(19-11)12-6-2-4-8-14(12)18-15-9-5-3-7-13(15)16;1-2-4-8(5-3-1)9-6-7-10-8/h7-14H,1-6H3;2-10H,1H3;6-7H,1-5H2. The second-order valence-corrected chi connectivity index (χ2v) is 14.7. The molecule has 2 spiro atoms. The number of ether oxygens (including phenoxy) is 5. The maximum atomic E-state index is 6.00. The van der Waals surface area contributed by atoms with Crippen LogP contribution in [0.3, 0.4) is 0 Å². The molecule has 0 unspecified atom stereocenters. The van der Waals surface area contributed by atoms with Crippen LogP contribution in [0.15, 0.2) is 122 Å². The number of rotatable bonds is 2. The molecule has 9 rings (SSSR count). The zero-order valence-electron chi connectivity index (χ0n) is 31.4. The lowest BCUT2D eigenvalue weighted by Crippen LogP contribution is -2.49.